The van der Waals surface area contributed by atoms with E-state index in [9.17, 15) is 10.4 Å². The molecule has 1 aromatic heterocycles. The van der Waals surface area contributed by atoms with Crippen molar-refractivity contribution in [3.63, 3.8) is 0 Å². The molecule has 1 fully saturated rings. The van der Waals surface area contributed by atoms with E-state index in [1.54, 1.807) is 25.3 Å². The molecule has 2 atom stereocenters. The monoisotopic (exact) mass is 466 g/mol. The molecule has 1 aliphatic heterocycles. The van der Waals surface area contributed by atoms with Gasteiger partial charge in [-0.25, -0.2) is 0 Å². The summed E-state index contributed by atoms with van der Waals surface area (Å²) in [5.41, 5.74) is 2.12. The zero-order valence-electron chi connectivity index (χ0n) is 17.7. The largest absolute Gasteiger partial charge is 0.382 e. The molecule has 32 heavy (non-hydrogen) atoms. The molecule has 0 amide bonds. The second-order valence-electron chi connectivity index (χ2n) is 8.26. The topological polar surface area (TPSA) is 63.4 Å². The number of β-amino-alcohol motifs (C(OH)–C–C–N with tert-alkyl or cyclic N) is 1. The Morgan fingerprint density at radius 2 is 1.91 bits per heavy atom. The van der Waals surface area contributed by atoms with E-state index in [0.29, 0.717) is 34.4 Å². The summed E-state index contributed by atoms with van der Waals surface area (Å²) in [6, 6.07) is 20.9. The lowest BCUT2D eigenvalue weighted by Gasteiger charge is -2.45. The fraction of sp³-hybridized carbons (Fsp3) is 0.280. The van der Waals surface area contributed by atoms with E-state index in [4.69, 9.17) is 23.2 Å². The van der Waals surface area contributed by atoms with E-state index >= 15 is 0 Å². The van der Waals surface area contributed by atoms with Gasteiger partial charge in [0, 0.05) is 37.4 Å². The summed E-state index contributed by atoms with van der Waals surface area (Å²) in [6.45, 7) is 4.43. The van der Waals surface area contributed by atoms with Crippen LogP contribution >= 0.6 is 23.2 Å². The van der Waals surface area contributed by atoms with Gasteiger partial charge in [-0.3, -0.25) is 9.88 Å². The lowest BCUT2D eigenvalue weighted by molar-refractivity contribution is 0.00678. The molecule has 0 saturated carbocycles. The van der Waals surface area contributed by atoms with Crippen molar-refractivity contribution in [2.24, 2.45) is 0 Å². The SMILES string of the molecule is C[C@@](O)(CN1CCN(c2ccc(C#N)cc2Cl)[C@H](c2ccc(Cl)cc2)C1)c1ccccn1. The van der Waals surface area contributed by atoms with Gasteiger partial charge in [-0.2, -0.15) is 5.26 Å². The van der Waals surface area contributed by atoms with Crippen LogP contribution < -0.4 is 4.90 Å². The predicted octanol–water partition coefficient (Wildman–Crippen LogP) is 5.03. The minimum atomic E-state index is -1.07. The van der Waals surface area contributed by atoms with Crippen LogP contribution in [0.5, 0.6) is 0 Å². The minimum Gasteiger partial charge on any atom is -0.382 e. The number of aliphatic hydroxyl groups is 1. The Bertz CT molecular complexity index is 1110. The van der Waals surface area contributed by atoms with Crippen molar-refractivity contribution in [2.75, 3.05) is 31.1 Å². The summed E-state index contributed by atoms with van der Waals surface area (Å²) < 4.78 is 0. The molecule has 164 valence electrons. The zero-order valence-corrected chi connectivity index (χ0v) is 19.3. The lowest BCUT2D eigenvalue weighted by atomic mass is 9.97. The normalized spacial score (nSPS) is 18.7. The van der Waals surface area contributed by atoms with Crippen LogP contribution in [0.4, 0.5) is 5.69 Å². The molecule has 5 nitrogen and oxygen atoms in total. The molecule has 7 heteroatoms. The number of hydrogen-bond donors (Lipinski definition) is 1. The van der Waals surface area contributed by atoms with Gasteiger partial charge in [0.05, 0.1) is 34.1 Å². The molecule has 1 aliphatic rings. The van der Waals surface area contributed by atoms with Gasteiger partial charge in [0.2, 0.25) is 0 Å². The molecule has 0 bridgehead atoms. The molecular weight excluding hydrogens is 443 g/mol. The molecular formula is C25H24Cl2N4O. The molecule has 3 aromatic rings. The number of nitrogens with zero attached hydrogens (tertiary/aromatic N) is 4. The summed E-state index contributed by atoms with van der Waals surface area (Å²) in [6.07, 6.45) is 1.70. The van der Waals surface area contributed by atoms with Crippen molar-refractivity contribution in [1.82, 2.24) is 9.88 Å². The maximum Gasteiger partial charge on any atom is 0.116 e. The van der Waals surface area contributed by atoms with E-state index in [0.717, 1.165) is 24.3 Å². The molecule has 4 rings (SSSR count). The highest BCUT2D eigenvalue weighted by atomic mass is 35.5. The highest BCUT2D eigenvalue weighted by Crippen LogP contribution is 2.36. The van der Waals surface area contributed by atoms with Crippen molar-refractivity contribution in [1.29, 1.82) is 5.26 Å². The first kappa shape index (κ1) is 22.6. The third-order valence-electron chi connectivity index (χ3n) is 5.85. The maximum atomic E-state index is 11.1. The molecule has 2 aromatic carbocycles. The average Bonchev–Trinajstić information content (AvgIpc) is 2.80. The number of piperazine rings is 1. The molecule has 0 aliphatic carbocycles. The van der Waals surface area contributed by atoms with Crippen LogP contribution in [0.3, 0.4) is 0 Å². The molecule has 0 radical (unpaired) electrons. The molecule has 2 heterocycles. The maximum absolute atomic E-state index is 11.1. The van der Waals surface area contributed by atoms with Gasteiger partial charge < -0.3 is 10.0 Å². The van der Waals surface area contributed by atoms with Crippen molar-refractivity contribution < 1.29 is 5.11 Å². The Morgan fingerprint density at radius 3 is 2.56 bits per heavy atom. The van der Waals surface area contributed by atoms with Crippen molar-refractivity contribution in [3.8, 4) is 6.07 Å². The first-order valence-electron chi connectivity index (χ1n) is 10.5. The molecule has 1 saturated heterocycles. The average molecular weight is 467 g/mol. The Morgan fingerprint density at radius 1 is 1.12 bits per heavy atom. The third kappa shape index (κ3) is 4.90. The Hall–Kier alpha value is -2.62. The Kier molecular flexibility index (Phi) is 6.68. The quantitative estimate of drug-likeness (QED) is 0.570. The number of pyridine rings is 1. The van der Waals surface area contributed by atoms with Gasteiger partial charge >= 0.3 is 0 Å². The number of nitriles is 1. The number of hydrogen-bond acceptors (Lipinski definition) is 5. The number of anilines is 1. The van der Waals surface area contributed by atoms with E-state index in [1.807, 2.05) is 48.5 Å². The van der Waals surface area contributed by atoms with E-state index in [-0.39, 0.29) is 6.04 Å². The predicted molar refractivity (Wildman–Crippen MR) is 128 cm³/mol. The summed E-state index contributed by atoms with van der Waals surface area (Å²) >= 11 is 12.7. The highest BCUT2D eigenvalue weighted by Gasteiger charge is 2.34. The summed E-state index contributed by atoms with van der Waals surface area (Å²) in [5, 5.41) is 21.6. The second-order valence-corrected chi connectivity index (χ2v) is 9.11. The first-order valence-corrected chi connectivity index (χ1v) is 11.2. The summed E-state index contributed by atoms with van der Waals surface area (Å²) in [5.74, 6) is 0. The van der Waals surface area contributed by atoms with Crippen LogP contribution in [0.2, 0.25) is 10.0 Å². The van der Waals surface area contributed by atoms with Gasteiger partial charge in [-0.05, 0) is 55.0 Å². The van der Waals surface area contributed by atoms with Crippen LogP contribution in [0.15, 0.2) is 66.9 Å². The van der Waals surface area contributed by atoms with Gasteiger partial charge in [0.1, 0.15) is 5.60 Å². The summed E-state index contributed by atoms with van der Waals surface area (Å²) in [4.78, 5) is 8.86. The molecule has 0 unspecified atom stereocenters. The van der Waals surface area contributed by atoms with E-state index < -0.39 is 5.60 Å². The summed E-state index contributed by atoms with van der Waals surface area (Å²) in [7, 11) is 0. The van der Waals surface area contributed by atoms with Crippen molar-refractivity contribution >= 4 is 28.9 Å². The van der Waals surface area contributed by atoms with Crippen molar-refractivity contribution in [2.45, 2.75) is 18.6 Å². The number of aromatic nitrogens is 1. The second kappa shape index (κ2) is 9.48. The van der Waals surface area contributed by atoms with Gasteiger partial charge in [0.25, 0.3) is 0 Å². The van der Waals surface area contributed by atoms with Crippen LogP contribution in [0.25, 0.3) is 0 Å². The standard InChI is InChI=1S/C25H24Cl2N4O/c1-25(32,24-4-2-3-11-29-24)17-30-12-13-31(22-10-5-18(15-28)14-21(22)27)23(16-30)19-6-8-20(26)9-7-19/h2-11,14,23,32H,12-13,16-17H2,1H3/t23-,25+/m0/s1. The van der Waals surface area contributed by atoms with Crippen LogP contribution in [0.1, 0.15) is 29.8 Å². The Labute approximate surface area is 198 Å². The first-order chi connectivity index (χ1) is 15.4. The van der Waals surface area contributed by atoms with Gasteiger partial charge in [-0.1, -0.05) is 41.4 Å². The molecule has 1 N–H and O–H groups in total. The number of halogens is 2. The van der Waals surface area contributed by atoms with Crippen LogP contribution in [-0.2, 0) is 5.60 Å². The number of benzene rings is 2. The van der Waals surface area contributed by atoms with Gasteiger partial charge in [0.15, 0.2) is 0 Å². The van der Waals surface area contributed by atoms with Gasteiger partial charge in [-0.15, -0.1) is 0 Å². The van der Waals surface area contributed by atoms with Crippen LogP contribution in [0, 0.1) is 11.3 Å². The van der Waals surface area contributed by atoms with Crippen LogP contribution in [-0.4, -0.2) is 41.2 Å². The minimum absolute atomic E-state index is 0.00554. The smallest absolute Gasteiger partial charge is 0.116 e. The van der Waals surface area contributed by atoms with E-state index in [1.165, 1.54) is 0 Å². The molecule has 0 spiro atoms. The van der Waals surface area contributed by atoms with Crippen molar-refractivity contribution in [3.05, 3.63) is 93.7 Å². The third-order valence-corrected chi connectivity index (χ3v) is 6.41. The highest BCUT2D eigenvalue weighted by molar-refractivity contribution is 6.33. The zero-order chi connectivity index (χ0) is 22.7. The fourth-order valence-corrected chi connectivity index (χ4v) is 4.66. The van der Waals surface area contributed by atoms with E-state index in [2.05, 4.69) is 20.9 Å². The number of rotatable bonds is 5. The Balaban J connectivity index is 1.63. The lowest BCUT2D eigenvalue weighted by Crippen LogP contribution is -2.52. The fourth-order valence-electron chi connectivity index (χ4n) is 4.25.